The van der Waals surface area contributed by atoms with Gasteiger partial charge in [-0.3, -0.25) is 4.84 Å². The minimum Gasteiger partial charge on any atom is -0.298 e. The van der Waals surface area contributed by atoms with Crippen molar-refractivity contribution in [3.63, 3.8) is 0 Å². The van der Waals surface area contributed by atoms with Crippen molar-refractivity contribution in [1.29, 1.82) is 0 Å². The van der Waals surface area contributed by atoms with E-state index in [-0.39, 0.29) is 5.60 Å². The minimum atomic E-state index is -0.161. The molecule has 0 amide bonds. The maximum atomic E-state index is 5.27. The summed E-state index contributed by atoms with van der Waals surface area (Å²) in [6, 6.07) is 0. The number of nitrogens with two attached hydrogens (primary N) is 1. The fourth-order valence-electron chi connectivity index (χ4n) is 1.63. The van der Waals surface area contributed by atoms with Crippen molar-refractivity contribution >= 4 is 0 Å². The third kappa shape index (κ3) is 3.55. The van der Waals surface area contributed by atoms with Crippen LogP contribution in [0.1, 0.15) is 53.4 Å². The summed E-state index contributed by atoms with van der Waals surface area (Å²) >= 11 is 0. The first-order valence-electron chi connectivity index (χ1n) is 4.96. The lowest BCUT2D eigenvalue weighted by atomic mass is 9.84. The molecule has 0 bridgehead atoms. The largest absolute Gasteiger partial charge is 0.298 e. The quantitative estimate of drug-likeness (QED) is 0.627. The molecule has 0 heterocycles. The van der Waals surface area contributed by atoms with Crippen LogP contribution in [0.5, 0.6) is 0 Å². The summed E-state index contributed by atoms with van der Waals surface area (Å²) in [5.74, 6) is 5.86. The fraction of sp³-hybridized carbons (Fsp3) is 1.00. The van der Waals surface area contributed by atoms with Gasteiger partial charge in [0.05, 0.1) is 5.60 Å². The third-order valence-corrected chi connectivity index (χ3v) is 2.56. The summed E-state index contributed by atoms with van der Waals surface area (Å²) in [7, 11) is 0. The molecule has 2 N–H and O–H groups in total. The van der Waals surface area contributed by atoms with E-state index in [0.29, 0.717) is 5.92 Å². The van der Waals surface area contributed by atoms with Gasteiger partial charge in [-0.1, -0.05) is 26.7 Å². The van der Waals surface area contributed by atoms with E-state index in [0.717, 1.165) is 0 Å². The first-order chi connectivity index (χ1) is 5.58. The molecule has 0 aliphatic rings. The van der Waals surface area contributed by atoms with Crippen LogP contribution in [-0.2, 0) is 4.84 Å². The second kappa shape index (κ2) is 5.55. The van der Waals surface area contributed by atoms with Gasteiger partial charge >= 0.3 is 0 Å². The Bertz CT molecular complexity index is 106. The van der Waals surface area contributed by atoms with Crippen LogP contribution in [-0.4, -0.2) is 5.60 Å². The van der Waals surface area contributed by atoms with E-state index in [9.17, 15) is 0 Å². The van der Waals surface area contributed by atoms with Gasteiger partial charge in [0.25, 0.3) is 0 Å². The predicted octanol–water partition coefficient (Wildman–Crippen LogP) is 2.87. The second-order valence-corrected chi connectivity index (χ2v) is 4.00. The molecule has 0 fully saturated rings. The number of rotatable bonds is 6. The standard InChI is InChI=1S/C10H23NO/c1-5-7-9(8-6-2)10(3,4)12-11/h9H,5-8,11H2,1-4H3. The molecule has 0 aliphatic heterocycles. The van der Waals surface area contributed by atoms with Crippen molar-refractivity contribution in [2.45, 2.75) is 59.0 Å². The molecule has 0 rings (SSSR count). The molecule has 0 unspecified atom stereocenters. The Kier molecular flexibility index (Phi) is 5.51. The van der Waals surface area contributed by atoms with Crippen molar-refractivity contribution in [2.75, 3.05) is 0 Å². The van der Waals surface area contributed by atoms with E-state index in [1.807, 2.05) is 0 Å². The zero-order valence-corrected chi connectivity index (χ0v) is 8.89. The molecule has 2 nitrogen and oxygen atoms in total. The highest BCUT2D eigenvalue weighted by molar-refractivity contribution is 4.78. The maximum absolute atomic E-state index is 5.27. The highest BCUT2D eigenvalue weighted by atomic mass is 16.6. The van der Waals surface area contributed by atoms with Crippen molar-refractivity contribution in [3.05, 3.63) is 0 Å². The molecular formula is C10H23NO. The van der Waals surface area contributed by atoms with Crippen LogP contribution in [0, 0.1) is 5.92 Å². The minimum absolute atomic E-state index is 0.161. The van der Waals surface area contributed by atoms with Crippen LogP contribution in [0.2, 0.25) is 0 Å². The van der Waals surface area contributed by atoms with Crippen LogP contribution in [0.4, 0.5) is 0 Å². The molecule has 0 aliphatic carbocycles. The monoisotopic (exact) mass is 173 g/mol. The van der Waals surface area contributed by atoms with Gasteiger partial charge in [-0.15, -0.1) is 0 Å². The lowest BCUT2D eigenvalue weighted by Crippen LogP contribution is -2.37. The SMILES string of the molecule is CCCC(CCC)C(C)(C)ON. The first kappa shape index (κ1) is 11.9. The van der Waals surface area contributed by atoms with E-state index in [2.05, 4.69) is 27.7 Å². The second-order valence-electron chi connectivity index (χ2n) is 4.00. The molecule has 0 spiro atoms. The van der Waals surface area contributed by atoms with E-state index in [1.165, 1.54) is 25.7 Å². The molecule has 0 aromatic heterocycles. The van der Waals surface area contributed by atoms with Gasteiger partial charge in [0.2, 0.25) is 0 Å². The molecule has 74 valence electrons. The third-order valence-electron chi connectivity index (χ3n) is 2.56. The molecule has 0 saturated carbocycles. The summed E-state index contributed by atoms with van der Waals surface area (Å²) in [6.45, 7) is 8.55. The highest BCUT2D eigenvalue weighted by Crippen LogP contribution is 2.28. The van der Waals surface area contributed by atoms with E-state index in [4.69, 9.17) is 10.7 Å². The highest BCUT2D eigenvalue weighted by Gasteiger charge is 2.28. The van der Waals surface area contributed by atoms with Gasteiger partial charge in [-0.05, 0) is 32.6 Å². The number of hydrogen-bond acceptors (Lipinski definition) is 2. The Morgan fingerprint density at radius 3 is 1.83 bits per heavy atom. The van der Waals surface area contributed by atoms with Crippen molar-refractivity contribution in [2.24, 2.45) is 11.8 Å². The molecule has 0 atom stereocenters. The van der Waals surface area contributed by atoms with Crippen molar-refractivity contribution in [3.8, 4) is 0 Å². The summed E-state index contributed by atoms with van der Waals surface area (Å²) in [5.41, 5.74) is -0.161. The Hall–Kier alpha value is -0.0800. The molecule has 12 heavy (non-hydrogen) atoms. The zero-order valence-electron chi connectivity index (χ0n) is 8.89. The maximum Gasteiger partial charge on any atom is 0.0865 e. The lowest BCUT2D eigenvalue weighted by molar-refractivity contribution is -0.0678. The Labute approximate surface area is 76.4 Å². The van der Waals surface area contributed by atoms with Gasteiger partial charge < -0.3 is 0 Å². The van der Waals surface area contributed by atoms with Gasteiger partial charge in [0.1, 0.15) is 0 Å². The van der Waals surface area contributed by atoms with Crippen LogP contribution >= 0.6 is 0 Å². The Balaban J connectivity index is 4.07. The molecule has 2 heteroatoms. The average Bonchev–Trinajstić information content (AvgIpc) is 2.04. The molecule has 0 aromatic rings. The topological polar surface area (TPSA) is 35.2 Å². The smallest absolute Gasteiger partial charge is 0.0865 e. The fourth-order valence-corrected chi connectivity index (χ4v) is 1.63. The van der Waals surface area contributed by atoms with Gasteiger partial charge in [-0.2, -0.15) is 0 Å². The van der Waals surface area contributed by atoms with Crippen LogP contribution in [0.15, 0.2) is 0 Å². The predicted molar refractivity (Wildman–Crippen MR) is 52.7 cm³/mol. The summed E-state index contributed by atoms with van der Waals surface area (Å²) in [4.78, 5) is 5.00. The Morgan fingerprint density at radius 1 is 1.17 bits per heavy atom. The van der Waals surface area contributed by atoms with Gasteiger partial charge in [0.15, 0.2) is 0 Å². The first-order valence-corrected chi connectivity index (χ1v) is 4.96. The molecular weight excluding hydrogens is 150 g/mol. The van der Waals surface area contributed by atoms with Gasteiger partial charge in [-0.25, -0.2) is 5.90 Å². The molecule has 0 radical (unpaired) electrons. The zero-order chi connectivity index (χ0) is 9.61. The van der Waals surface area contributed by atoms with E-state index in [1.54, 1.807) is 0 Å². The summed E-state index contributed by atoms with van der Waals surface area (Å²) in [6.07, 6.45) is 4.82. The van der Waals surface area contributed by atoms with Crippen molar-refractivity contribution in [1.82, 2.24) is 0 Å². The van der Waals surface area contributed by atoms with Gasteiger partial charge in [0, 0.05) is 0 Å². The number of hydrogen-bond donors (Lipinski definition) is 1. The van der Waals surface area contributed by atoms with Crippen LogP contribution in [0.25, 0.3) is 0 Å². The van der Waals surface area contributed by atoms with E-state index < -0.39 is 0 Å². The Morgan fingerprint density at radius 2 is 1.58 bits per heavy atom. The summed E-state index contributed by atoms with van der Waals surface area (Å²) < 4.78 is 0. The molecule has 0 aromatic carbocycles. The molecule has 0 saturated heterocycles. The normalized spacial score (nSPS) is 12.5. The average molecular weight is 173 g/mol. The van der Waals surface area contributed by atoms with Crippen LogP contribution in [0.3, 0.4) is 0 Å². The van der Waals surface area contributed by atoms with Crippen molar-refractivity contribution < 1.29 is 4.84 Å². The van der Waals surface area contributed by atoms with Crippen LogP contribution < -0.4 is 5.90 Å². The van der Waals surface area contributed by atoms with E-state index >= 15 is 0 Å². The lowest BCUT2D eigenvalue weighted by Gasteiger charge is -2.31. The summed E-state index contributed by atoms with van der Waals surface area (Å²) in [5, 5.41) is 0.